The van der Waals surface area contributed by atoms with Crippen molar-refractivity contribution in [1.82, 2.24) is 15.2 Å². The van der Waals surface area contributed by atoms with E-state index >= 15 is 0 Å². The normalized spacial score (nSPS) is 20.0. The van der Waals surface area contributed by atoms with E-state index < -0.39 is 37.1 Å². The van der Waals surface area contributed by atoms with Crippen LogP contribution in [0.25, 0.3) is 0 Å². The molecule has 0 radical (unpaired) electrons. The third-order valence-electron chi connectivity index (χ3n) is 5.32. The highest BCUT2D eigenvalue weighted by Gasteiger charge is 2.63. The first-order chi connectivity index (χ1) is 15.5. The second-order valence-electron chi connectivity index (χ2n) is 7.55. The summed E-state index contributed by atoms with van der Waals surface area (Å²) in [5.41, 5.74) is -1.82. The predicted octanol–water partition coefficient (Wildman–Crippen LogP) is 4.89. The van der Waals surface area contributed by atoms with E-state index in [0.717, 1.165) is 12.1 Å². The highest BCUT2D eigenvalue weighted by molar-refractivity contribution is 6.34. The molecule has 3 heterocycles. The number of hydrogen-bond acceptors (Lipinski definition) is 5. The summed E-state index contributed by atoms with van der Waals surface area (Å²) in [5, 5.41) is 5.82. The van der Waals surface area contributed by atoms with Gasteiger partial charge in [-0.05, 0) is 35.4 Å². The van der Waals surface area contributed by atoms with Gasteiger partial charge >= 0.3 is 6.18 Å². The first-order valence-electron chi connectivity index (χ1n) is 9.56. The Morgan fingerprint density at radius 3 is 2.45 bits per heavy atom. The Balaban J connectivity index is 1.54. The minimum Gasteiger partial charge on any atom is -0.372 e. The van der Waals surface area contributed by atoms with Crippen LogP contribution in [0.4, 0.5) is 22.0 Å². The molecule has 2 aliphatic rings. The van der Waals surface area contributed by atoms with Crippen molar-refractivity contribution in [3.05, 3.63) is 62.9 Å². The molecule has 0 saturated carbocycles. The van der Waals surface area contributed by atoms with Crippen LogP contribution in [0.15, 0.2) is 35.6 Å². The molecule has 1 amide bonds. The molecule has 176 valence electrons. The van der Waals surface area contributed by atoms with Crippen LogP contribution in [0, 0.1) is 0 Å². The minimum atomic E-state index is -4.82. The van der Waals surface area contributed by atoms with Gasteiger partial charge in [0.2, 0.25) is 0 Å². The number of nitrogens with one attached hydrogen (secondary N) is 1. The molecular formula is C20H15Cl2F5N4O2. The third kappa shape index (κ3) is 4.56. The van der Waals surface area contributed by atoms with E-state index in [0.29, 0.717) is 11.1 Å². The average Bonchev–Trinajstić information content (AvgIpc) is 3.35. The van der Waals surface area contributed by atoms with Crippen molar-refractivity contribution in [1.29, 1.82) is 0 Å². The van der Waals surface area contributed by atoms with Crippen molar-refractivity contribution in [2.24, 2.45) is 5.16 Å². The molecule has 0 spiro atoms. The molecule has 0 aliphatic carbocycles. The fraction of sp³-hybridized carbons (Fsp3) is 0.350. The molecule has 4 rings (SSSR count). The molecule has 2 aromatic rings. The van der Waals surface area contributed by atoms with E-state index in [-0.39, 0.29) is 40.2 Å². The van der Waals surface area contributed by atoms with Gasteiger partial charge in [-0.3, -0.25) is 9.78 Å². The molecule has 0 fully saturated rings. The fourth-order valence-corrected chi connectivity index (χ4v) is 4.22. The van der Waals surface area contributed by atoms with Gasteiger partial charge in [-0.1, -0.05) is 28.4 Å². The maximum atomic E-state index is 14.1. The summed E-state index contributed by atoms with van der Waals surface area (Å²) in [5.74, 6) is -0.727. The second-order valence-corrected chi connectivity index (χ2v) is 8.43. The van der Waals surface area contributed by atoms with Crippen molar-refractivity contribution in [2.45, 2.75) is 37.7 Å². The van der Waals surface area contributed by atoms with Gasteiger partial charge in [0, 0.05) is 34.9 Å². The molecule has 0 saturated heterocycles. The number of carbonyl (C=O) groups excluding carboxylic acids is 1. The maximum Gasteiger partial charge on any atom is 0.435 e. The first-order valence-corrected chi connectivity index (χ1v) is 10.3. The summed E-state index contributed by atoms with van der Waals surface area (Å²) in [6, 6.07) is 4.99. The number of amidine groups is 1. The highest BCUT2D eigenvalue weighted by Crippen LogP contribution is 2.49. The Labute approximate surface area is 194 Å². The van der Waals surface area contributed by atoms with Gasteiger partial charge in [-0.15, -0.1) is 0 Å². The van der Waals surface area contributed by atoms with Crippen LogP contribution in [-0.2, 0) is 23.5 Å². The smallest absolute Gasteiger partial charge is 0.372 e. The summed E-state index contributed by atoms with van der Waals surface area (Å²) in [6.07, 6.45) is -6.76. The topological polar surface area (TPSA) is 66.8 Å². The van der Waals surface area contributed by atoms with Gasteiger partial charge in [0.25, 0.3) is 17.9 Å². The fourth-order valence-electron chi connectivity index (χ4n) is 3.69. The van der Waals surface area contributed by atoms with Crippen LogP contribution in [0.2, 0.25) is 10.0 Å². The zero-order valence-electron chi connectivity index (χ0n) is 16.6. The standard InChI is InChI=1S/C20H15Cl2F5N4O2/c21-13-2-12(3-14(22)4-13)19(20(25,26)27)5-17(30-33-19)31-8-10-1-15(28-6-11(10)9-31)18(32)29-7-16(23)24/h1-4,6,16H,5,7-9H2,(H,29,32). The lowest BCUT2D eigenvalue weighted by Gasteiger charge is -2.30. The Hall–Kier alpha value is -2.66. The van der Waals surface area contributed by atoms with E-state index in [1.165, 1.54) is 18.3 Å². The lowest BCUT2D eigenvalue weighted by molar-refractivity contribution is -0.275. The zero-order chi connectivity index (χ0) is 24.0. The maximum absolute atomic E-state index is 14.1. The number of amides is 1. The second kappa shape index (κ2) is 8.60. The first kappa shape index (κ1) is 23.5. The number of oxime groups is 1. The number of benzene rings is 1. The number of aromatic nitrogens is 1. The van der Waals surface area contributed by atoms with Gasteiger partial charge in [0.1, 0.15) is 11.5 Å². The van der Waals surface area contributed by atoms with Gasteiger partial charge in [-0.2, -0.15) is 13.2 Å². The van der Waals surface area contributed by atoms with Gasteiger partial charge in [0.15, 0.2) is 0 Å². The largest absolute Gasteiger partial charge is 0.435 e. The number of fused-ring (bicyclic) bond motifs is 1. The summed E-state index contributed by atoms with van der Waals surface area (Å²) >= 11 is 11.8. The number of carbonyl (C=O) groups is 1. The van der Waals surface area contributed by atoms with E-state index in [1.54, 1.807) is 4.90 Å². The summed E-state index contributed by atoms with van der Waals surface area (Å²) in [6.45, 7) is -0.488. The molecule has 2 aliphatic heterocycles. The average molecular weight is 509 g/mol. The van der Waals surface area contributed by atoms with Crippen molar-refractivity contribution in [2.75, 3.05) is 6.54 Å². The number of pyridine rings is 1. The minimum absolute atomic E-state index is 0.0236. The van der Waals surface area contributed by atoms with E-state index in [4.69, 9.17) is 28.0 Å². The molecular weight excluding hydrogens is 494 g/mol. The molecule has 1 unspecified atom stereocenters. The van der Waals surface area contributed by atoms with Crippen LogP contribution < -0.4 is 5.32 Å². The molecule has 1 aromatic carbocycles. The summed E-state index contributed by atoms with van der Waals surface area (Å²) < 4.78 is 67.1. The zero-order valence-corrected chi connectivity index (χ0v) is 18.1. The molecule has 1 atom stereocenters. The van der Waals surface area contributed by atoms with Crippen LogP contribution in [0.1, 0.15) is 33.6 Å². The third-order valence-corrected chi connectivity index (χ3v) is 5.76. The molecule has 33 heavy (non-hydrogen) atoms. The Morgan fingerprint density at radius 2 is 1.82 bits per heavy atom. The predicted molar refractivity (Wildman–Crippen MR) is 109 cm³/mol. The number of rotatable bonds is 4. The molecule has 6 nitrogen and oxygen atoms in total. The van der Waals surface area contributed by atoms with Crippen molar-refractivity contribution < 1.29 is 31.6 Å². The van der Waals surface area contributed by atoms with Crippen molar-refractivity contribution in [3.8, 4) is 0 Å². The van der Waals surface area contributed by atoms with Gasteiger partial charge in [-0.25, -0.2) is 8.78 Å². The summed E-state index contributed by atoms with van der Waals surface area (Å²) in [4.78, 5) is 22.5. The SMILES string of the molecule is O=C(NCC(F)F)c1cc2c(cn1)CN(C1=NOC(c3cc(Cl)cc(Cl)c3)(C(F)(F)F)C1)C2. The van der Waals surface area contributed by atoms with Gasteiger partial charge in [0.05, 0.1) is 13.0 Å². The number of halogens is 7. The van der Waals surface area contributed by atoms with Crippen LogP contribution >= 0.6 is 23.2 Å². The number of alkyl halides is 5. The van der Waals surface area contributed by atoms with Crippen molar-refractivity contribution >= 4 is 34.9 Å². The highest BCUT2D eigenvalue weighted by atomic mass is 35.5. The molecule has 13 heteroatoms. The summed E-state index contributed by atoms with van der Waals surface area (Å²) in [7, 11) is 0. The van der Waals surface area contributed by atoms with Crippen LogP contribution in [0.5, 0.6) is 0 Å². The quantitative estimate of drug-likeness (QED) is 0.597. The lowest BCUT2D eigenvalue weighted by atomic mass is 9.89. The van der Waals surface area contributed by atoms with E-state index in [2.05, 4.69) is 15.5 Å². The molecule has 1 aromatic heterocycles. The molecule has 0 bridgehead atoms. The Bertz CT molecular complexity index is 1110. The number of hydrogen-bond donors (Lipinski definition) is 1. The Kier molecular flexibility index (Phi) is 6.12. The Morgan fingerprint density at radius 1 is 1.15 bits per heavy atom. The number of nitrogens with zero attached hydrogens (tertiary/aromatic N) is 3. The van der Waals surface area contributed by atoms with Crippen molar-refractivity contribution in [3.63, 3.8) is 0 Å². The monoisotopic (exact) mass is 508 g/mol. The van der Waals surface area contributed by atoms with E-state index in [9.17, 15) is 26.7 Å². The molecule has 1 N–H and O–H groups in total. The van der Waals surface area contributed by atoms with Crippen LogP contribution in [0.3, 0.4) is 0 Å². The van der Waals surface area contributed by atoms with Crippen LogP contribution in [-0.4, -0.2) is 40.8 Å². The van der Waals surface area contributed by atoms with E-state index in [1.807, 2.05) is 0 Å². The lowest BCUT2D eigenvalue weighted by Crippen LogP contribution is -2.43. The van der Waals surface area contributed by atoms with Gasteiger partial charge < -0.3 is 15.1 Å².